The van der Waals surface area contributed by atoms with Gasteiger partial charge in [-0.3, -0.25) is 9.89 Å². The van der Waals surface area contributed by atoms with Gasteiger partial charge in [-0.25, -0.2) is 0 Å². The molecule has 0 amide bonds. The molecule has 1 aromatic rings. The van der Waals surface area contributed by atoms with Crippen molar-refractivity contribution in [3.8, 4) is 11.5 Å². The van der Waals surface area contributed by atoms with E-state index in [9.17, 15) is 0 Å². The number of nitrogens with zero attached hydrogens (tertiary/aromatic N) is 3. The number of ether oxygens (including phenoxy) is 2. The molecule has 1 aromatic carbocycles. The van der Waals surface area contributed by atoms with Crippen molar-refractivity contribution >= 4 is 29.9 Å². The van der Waals surface area contributed by atoms with Gasteiger partial charge < -0.3 is 25.0 Å². The largest absolute Gasteiger partial charge is 0.497 e. The number of methoxy groups -OCH3 is 1. The SMILES string of the molecule is CCNC(=NCC1CN(C)CCN1C)NCCOc1ccc(OC)cc1.I. The maximum Gasteiger partial charge on any atom is 0.191 e. The fraction of sp³-hybridized carbons (Fsp3) is 0.632. The summed E-state index contributed by atoms with van der Waals surface area (Å²) in [6, 6.07) is 8.07. The molecular formula is C19H34IN5O2. The molecule has 1 atom stereocenters. The van der Waals surface area contributed by atoms with E-state index in [1.54, 1.807) is 7.11 Å². The van der Waals surface area contributed by atoms with E-state index in [4.69, 9.17) is 14.5 Å². The van der Waals surface area contributed by atoms with Crippen molar-refractivity contribution < 1.29 is 9.47 Å². The predicted octanol–water partition coefficient (Wildman–Crippen LogP) is 1.49. The Balaban J connectivity index is 0.00000364. The number of piperazine rings is 1. The molecule has 2 rings (SSSR count). The number of nitrogens with one attached hydrogen (secondary N) is 2. The van der Waals surface area contributed by atoms with Gasteiger partial charge in [-0.1, -0.05) is 0 Å². The Bertz CT molecular complexity index is 556. The Morgan fingerprint density at radius 1 is 1.15 bits per heavy atom. The quantitative estimate of drug-likeness (QED) is 0.249. The lowest BCUT2D eigenvalue weighted by Crippen LogP contribution is -2.51. The fourth-order valence-electron chi connectivity index (χ4n) is 2.85. The summed E-state index contributed by atoms with van der Waals surface area (Å²) in [6.07, 6.45) is 0. The second-order valence-electron chi connectivity index (χ2n) is 6.57. The average Bonchev–Trinajstić information content (AvgIpc) is 2.66. The van der Waals surface area contributed by atoms with Gasteiger partial charge in [-0.2, -0.15) is 0 Å². The monoisotopic (exact) mass is 491 g/mol. The summed E-state index contributed by atoms with van der Waals surface area (Å²) < 4.78 is 10.9. The lowest BCUT2D eigenvalue weighted by molar-refractivity contribution is 0.119. The summed E-state index contributed by atoms with van der Waals surface area (Å²) in [5.41, 5.74) is 0. The number of rotatable bonds is 8. The molecule has 1 fully saturated rings. The van der Waals surface area contributed by atoms with Crippen LogP contribution in [0.5, 0.6) is 11.5 Å². The van der Waals surface area contributed by atoms with Crippen LogP contribution in [0.25, 0.3) is 0 Å². The molecule has 7 nitrogen and oxygen atoms in total. The van der Waals surface area contributed by atoms with E-state index in [0.29, 0.717) is 19.2 Å². The van der Waals surface area contributed by atoms with E-state index >= 15 is 0 Å². The molecule has 0 radical (unpaired) electrons. The molecule has 1 aliphatic rings. The molecule has 1 aliphatic heterocycles. The third-order valence-corrected chi connectivity index (χ3v) is 4.51. The second kappa shape index (κ2) is 13.0. The van der Waals surface area contributed by atoms with E-state index in [1.165, 1.54) is 0 Å². The highest BCUT2D eigenvalue weighted by atomic mass is 127. The van der Waals surface area contributed by atoms with Gasteiger partial charge in [-0.05, 0) is 45.3 Å². The minimum absolute atomic E-state index is 0. The molecule has 8 heteroatoms. The molecule has 27 heavy (non-hydrogen) atoms. The van der Waals surface area contributed by atoms with E-state index in [0.717, 1.165) is 50.2 Å². The highest BCUT2D eigenvalue weighted by Gasteiger charge is 2.21. The molecule has 2 N–H and O–H groups in total. The Morgan fingerprint density at radius 3 is 2.52 bits per heavy atom. The van der Waals surface area contributed by atoms with Crippen LogP contribution in [0.1, 0.15) is 6.92 Å². The van der Waals surface area contributed by atoms with Gasteiger partial charge in [0.15, 0.2) is 5.96 Å². The predicted molar refractivity (Wildman–Crippen MR) is 122 cm³/mol. The van der Waals surface area contributed by atoms with Crippen molar-refractivity contribution in [3.63, 3.8) is 0 Å². The van der Waals surface area contributed by atoms with E-state index < -0.39 is 0 Å². The number of likely N-dealkylation sites (N-methyl/N-ethyl adjacent to an activating group) is 2. The van der Waals surface area contributed by atoms with Crippen molar-refractivity contribution in [2.24, 2.45) is 4.99 Å². The topological polar surface area (TPSA) is 61.4 Å². The third-order valence-electron chi connectivity index (χ3n) is 4.51. The maximum atomic E-state index is 5.74. The Labute approximate surface area is 180 Å². The zero-order chi connectivity index (χ0) is 18.8. The normalized spacial score (nSPS) is 18.5. The van der Waals surface area contributed by atoms with Crippen LogP contribution in [-0.2, 0) is 0 Å². The van der Waals surface area contributed by atoms with E-state index in [2.05, 4.69) is 41.5 Å². The number of halogens is 1. The number of hydrogen-bond acceptors (Lipinski definition) is 5. The van der Waals surface area contributed by atoms with Crippen molar-refractivity contribution in [2.75, 3.05) is 67.1 Å². The van der Waals surface area contributed by atoms with Gasteiger partial charge in [0.25, 0.3) is 0 Å². The molecule has 1 unspecified atom stereocenters. The summed E-state index contributed by atoms with van der Waals surface area (Å²) >= 11 is 0. The Kier molecular flexibility index (Phi) is 11.5. The van der Waals surface area contributed by atoms with Gasteiger partial charge in [0.2, 0.25) is 0 Å². The molecule has 0 aromatic heterocycles. The van der Waals surface area contributed by atoms with E-state index in [1.807, 2.05) is 24.3 Å². The zero-order valence-corrected chi connectivity index (χ0v) is 19.2. The first-order valence-corrected chi connectivity index (χ1v) is 9.30. The third kappa shape index (κ3) is 8.52. The molecule has 1 saturated heterocycles. The first-order chi connectivity index (χ1) is 12.6. The molecule has 1 heterocycles. The van der Waals surface area contributed by atoms with Gasteiger partial charge in [0, 0.05) is 32.2 Å². The molecular weight excluding hydrogens is 457 g/mol. The summed E-state index contributed by atoms with van der Waals surface area (Å²) in [5, 5.41) is 6.63. The van der Waals surface area contributed by atoms with Gasteiger partial charge in [0.1, 0.15) is 18.1 Å². The Morgan fingerprint density at radius 2 is 1.85 bits per heavy atom. The van der Waals surface area contributed by atoms with Crippen LogP contribution in [0.4, 0.5) is 0 Å². The molecule has 0 aliphatic carbocycles. The second-order valence-corrected chi connectivity index (χ2v) is 6.57. The minimum Gasteiger partial charge on any atom is -0.497 e. The lowest BCUT2D eigenvalue weighted by atomic mass is 10.2. The molecule has 0 bridgehead atoms. The summed E-state index contributed by atoms with van der Waals surface area (Å²) in [4.78, 5) is 9.50. The van der Waals surface area contributed by atoms with Crippen LogP contribution < -0.4 is 20.1 Å². The van der Waals surface area contributed by atoms with Crippen LogP contribution in [0.2, 0.25) is 0 Å². The van der Waals surface area contributed by atoms with Crippen LogP contribution in [0, 0.1) is 0 Å². The Hall–Kier alpha value is -1.26. The molecule has 0 spiro atoms. The van der Waals surface area contributed by atoms with Crippen LogP contribution in [0.3, 0.4) is 0 Å². The summed E-state index contributed by atoms with van der Waals surface area (Å²) in [6.45, 7) is 8.24. The van der Waals surface area contributed by atoms with Gasteiger partial charge in [0.05, 0.1) is 20.2 Å². The van der Waals surface area contributed by atoms with Crippen LogP contribution in [-0.4, -0.2) is 88.9 Å². The summed E-state index contributed by atoms with van der Waals surface area (Å²) in [7, 11) is 6.00. The lowest BCUT2D eigenvalue weighted by Gasteiger charge is -2.36. The van der Waals surface area contributed by atoms with Crippen molar-refractivity contribution in [3.05, 3.63) is 24.3 Å². The number of guanidine groups is 1. The number of benzene rings is 1. The highest BCUT2D eigenvalue weighted by molar-refractivity contribution is 14.0. The van der Waals surface area contributed by atoms with Crippen molar-refractivity contribution in [1.82, 2.24) is 20.4 Å². The average molecular weight is 491 g/mol. The maximum absolute atomic E-state index is 5.74. The van der Waals surface area contributed by atoms with Crippen LogP contribution >= 0.6 is 24.0 Å². The van der Waals surface area contributed by atoms with Gasteiger partial charge in [-0.15, -0.1) is 24.0 Å². The minimum atomic E-state index is 0. The van der Waals surface area contributed by atoms with E-state index in [-0.39, 0.29) is 24.0 Å². The molecule has 0 saturated carbocycles. The fourth-order valence-corrected chi connectivity index (χ4v) is 2.85. The van der Waals surface area contributed by atoms with Gasteiger partial charge >= 0.3 is 0 Å². The zero-order valence-electron chi connectivity index (χ0n) is 16.9. The number of aliphatic imine (C=N–C) groups is 1. The standard InChI is InChI=1S/C19H33N5O2.HI/c1-5-20-19(22-14-16-15-23(2)11-12-24(16)3)21-10-13-26-18-8-6-17(25-4)7-9-18;/h6-9,16H,5,10-15H2,1-4H3,(H2,20,21,22);1H. The van der Waals surface area contributed by atoms with Crippen LogP contribution in [0.15, 0.2) is 29.3 Å². The molecule has 154 valence electrons. The number of hydrogen-bond donors (Lipinski definition) is 2. The first kappa shape index (κ1) is 23.8. The highest BCUT2D eigenvalue weighted by Crippen LogP contribution is 2.16. The smallest absolute Gasteiger partial charge is 0.191 e. The van der Waals surface area contributed by atoms with Crippen molar-refractivity contribution in [1.29, 1.82) is 0 Å². The van der Waals surface area contributed by atoms with Crippen molar-refractivity contribution in [2.45, 2.75) is 13.0 Å². The summed E-state index contributed by atoms with van der Waals surface area (Å²) in [5.74, 6) is 2.50. The first-order valence-electron chi connectivity index (χ1n) is 9.30.